The third kappa shape index (κ3) is 6.60. The van der Waals surface area contributed by atoms with Crippen molar-refractivity contribution in [2.75, 3.05) is 18.5 Å². The van der Waals surface area contributed by atoms with Gasteiger partial charge in [0.1, 0.15) is 0 Å². The lowest BCUT2D eigenvalue weighted by atomic mass is 10.1. The zero-order chi connectivity index (χ0) is 14.6. The van der Waals surface area contributed by atoms with Crippen LogP contribution in [0.1, 0.15) is 62.7 Å². The number of anilines is 1. The number of carbonyl (C=O) groups is 1. The van der Waals surface area contributed by atoms with Crippen LogP contribution in [0, 0.1) is 0 Å². The van der Waals surface area contributed by atoms with Gasteiger partial charge < -0.3 is 10.1 Å². The molecule has 0 aliphatic heterocycles. The quantitative estimate of drug-likeness (QED) is 0.500. The number of hydrogen-bond donors (Lipinski definition) is 1. The van der Waals surface area contributed by atoms with E-state index in [2.05, 4.69) is 12.2 Å². The van der Waals surface area contributed by atoms with Crippen LogP contribution in [0.25, 0.3) is 0 Å². The molecule has 20 heavy (non-hydrogen) atoms. The molecule has 1 aromatic rings. The summed E-state index contributed by atoms with van der Waals surface area (Å²) in [5.74, 6) is -0.238. The molecule has 0 bridgehead atoms. The van der Waals surface area contributed by atoms with Crippen molar-refractivity contribution in [3.8, 4) is 0 Å². The second-order valence-electron chi connectivity index (χ2n) is 5.06. The SMILES string of the molecule is CCCCCCCNc1cccc(C(=O)OCCC)c1. The van der Waals surface area contributed by atoms with Gasteiger partial charge in [0.25, 0.3) is 0 Å². The van der Waals surface area contributed by atoms with Crippen LogP contribution in [0.5, 0.6) is 0 Å². The Morgan fingerprint density at radius 3 is 2.65 bits per heavy atom. The van der Waals surface area contributed by atoms with Crippen molar-refractivity contribution in [2.24, 2.45) is 0 Å². The second kappa shape index (κ2) is 10.3. The molecule has 0 atom stereocenters. The highest BCUT2D eigenvalue weighted by Crippen LogP contribution is 2.12. The lowest BCUT2D eigenvalue weighted by Crippen LogP contribution is -2.07. The molecule has 1 aromatic carbocycles. The van der Waals surface area contributed by atoms with Gasteiger partial charge in [0.05, 0.1) is 12.2 Å². The van der Waals surface area contributed by atoms with Crippen LogP contribution in [0.3, 0.4) is 0 Å². The zero-order valence-electron chi connectivity index (χ0n) is 12.8. The highest BCUT2D eigenvalue weighted by atomic mass is 16.5. The maximum Gasteiger partial charge on any atom is 0.338 e. The summed E-state index contributed by atoms with van der Waals surface area (Å²) in [6, 6.07) is 7.54. The lowest BCUT2D eigenvalue weighted by molar-refractivity contribution is 0.0505. The number of esters is 1. The first-order valence-corrected chi connectivity index (χ1v) is 7.79. The molecule has 1 N–H and O–H groups in total. The summed E-state index contributed by atoms with van der Waals surface area (Å²) in [5, 5.41) is 3.37. The molecule has 0 aliphatic rings. The fourth-order valence-corrected chi connectivity index (χ4v) is 2.00. The maximum absolute atomic E-state index is 11.8. The van der Waals surface area contributed by atoms with Crippen molar-refractivity contribution >= 4 is 11.7 Å². The largest absolute Gasteiger partial charge is 0.462 e. The van der Waals surface area contributed by atoms with Crippen molar-refractivity contribution in [1.82, 2.24) is 0 Å². The van der Waals surface area contributed by atoms with E-state index >= 15 is 0 Å². The molecule has 3 heteroatoms. The average Bonchev–Trinajstić information content (AvgIpc) is 2.48. The normalized spacial score (nSPS) is 10.3. The molecule has 0 radical (unpaired) electrons. The van der Waals surface area contributed by atoms with E-state index in [0.29, 0.717) is 12.2 Å². The lowest BCUT2D eigenvalue weighted by Gasteiger charge is -2.08. The van der Waals surface area contributed by atoms with Gasteiger partial charge in [-0.3, -0.25) is 0 Å². The van der Waals surface area contributed by atoms with E-state index < -0.39 is 0 Å². The number of unbranched alkanes of at least 4 members (excludes halogenated alkanes) is 4. The summed E-state index contributed by atoms with van der Waals surface area (Å²) in [6.07, 6.45) is 7.18. The molecule has 0 amide bonds. The molecule has 0 unspecified atom stereocenters. The van der Waals surface area contributed by atoms with Gasteiger partial charge in [-0.1, -0.05) is 45.6 Å². The molecule has 0 aliphatic carbocycles. The highest BCUT2D eigenvalue weighted by Gasteiger charge is 2.06. The molecule has 112 valence electrons. The van der Waals surface area contributed by atoms with Crippen molar-refractivity contribution in [3.63, 3.8) is 0 Å². The fraction of sp³-hybridized carbons (Fsp3) is 0.588. The number of carbonyl (C=O) groups excluding carboxylic acids is 1. The monoisotopic (exact) mass is 277 g/mol. The van der Waals surface area contributed by atoms with Gasteiger partial charge in [-0.15, -0.1) is 0 Å². The zero-order valence-corrected chi connectivity index (χ0v) is 12.8. The van der Waals surface area contributed by atoms with Crippen molar-refractivity contribution in [3.05, 3.63) is 29.8 Å². The molecule has 0 fully saturated rings. The first kappa shape index (κ1) is 16.5. The first-order chi connectivity index (χ1) is 9.77. The number of hydrogen-bond acceptors (Lipinski definition) is 3. The number of benzene rings is 1. The summed E-state index contributed by atoms with van der Waals surface area (Å²) in [7, 11) is 0. The Balaban J connectivity index is 2.34. The molecule has 0 aromatic heterocycles. The Kier molecular flexibility index (Phi) is 8.52. The Hall–Kier alpha value is -1.51. The Labute approximate surface area is 122 Å². The first-order valence-electron chi connectivity index (χ1n) is 7.79. The number of rotatable bonds is 10. The third-order valence-corrected chi connectivity index (χ3v) is 3.15. The van der Waals surface area contributed by atoms with E-state index in [1.807, 2.05) is 25.1 Å². The van der Waals surface area contributed by atoms with E-state index in [1.165, 1.54) is 32.1 Å². The predicted molar refractivity (Wildman–Crippen MR) is 84.3 cm³/mol. The maximum atomic E-state index is 11.8. The van der Waals surface area contributed by atoms with E-state index in [1.54, 1.807) is 6.07 Å². The topological polar surface area (TPSA) is 38.3 Å². The van der Waals surface area contributed by atoms with Gasteiger partial charge in [-0.2, -0.15) is 0 Å². The summed E-state index contributed by atoms with van der Waals surface area (Å²) in [5.41, 5.74) is 1.61. The van der Waals surface area contributed by atoms with Crippen LogP contribution in [0.2, 0.25) is 0 Å². The van der Waals surface area contributed by atoms with Crippen molar-refractivity contribution in [1.29, 1.82) is 0 Å². The standard InChI is InChI=1S/C17H27NO2/c1-3-5-6-7-8-12-18-16-11-9-10-15(14-16)17(19)20-13-4-2/h9-11,14,18H,3-8,12-13H2,1-2H3. The molecule has 3 nitrogen and oxygen atoms in total. The molecular formula is C17H27NO2. The van der Waals surface area contributed by atoms with Crippen molar-refractivity contribution in [2.45, 2.75) is 52.4 Å². The molecule has 0 saturated carbocycles. The fourth-order valence-electron chi connectivity index (χ4n) is 2.00. The van der Waals surface area contributed by atoms with E-state index in [0.717, 1.165) is 18.7 Å². The van der Waals surface area contributed by atoms with Crippen molar-refractivity contribution < 1.29 is 9.53 Å². The summed E-state index contributed by atoms with van der Waals surface area (Å²) < 4.78 is 5.14. The molecule has 1 rings (SSSR count). The molecule has 0 saturated heterocycles. The van der Waals surface area contributed by atoms with Crippen LogP contribution in [0.15, 0.2) is 24.3 Å². The minimum Gasteiger partial charge on any atom is -0.462 e. The van der Waals surface area contributed by atoms with Gasteiger partial charge in [0, 0.05) is 12.2 Å². The van der Waals surface area contributed by atoms with Gasteiger partial charge in [0.2, 0.25) is 0 Å². The minimum atomic E-state index is -0.238. The van der Waals surface area contributed by atoms with E-state index in [-0.39, 0.29) is 5.97 Å². The smallest absolute Gasteiger partial charge is 0.338 e. The van der Waals surface area contributed by atoms with Gasteiger partial charge in [-0.25, -0.2) is 4.79 Å². The summed E-state index contributed by atoms with van der Waals surface area (Å²) in [4.78, 5) is 11.8. The Morgan fingerprint density at radius 1 is 1.10 bits per heavy atom. The molecule has 0 spiro atoms. The van der Waals surface area contributed by atoms with Crippen LogP contribution >= 0.6 is 0 Å². The third-order valence-electron chi connectivity index (χ3n) is 3.15. The number of ether oxygens (including phenoxy) is 1. The minimum absolute atomic E-state index is 0.238. The molecule has 0 heterocycles. The van der Waals surface area contributed by atoms with Gasteiger partial charge in [-0.05, 0) is 31.0 Å². The summed E-state index contributed by atoms with van der Waals surface area (Å²) >= 11 is 0. The van der Waals surface area contributed by atoms with Gasteiger partial charge >= 0.3 is 5.97 Å². The van der Waals surface area contributed by atoms with Crippen LogP contribution in [-0.4, -0.2) is 19.1 Å². The van der Waals surface area contributed by atoms with Crippen LogP contribution < -0.4 is 5.32 Å². The van der Waals surface area contributed by atoms with Gasteiger partial charge in [0.15, 0.2) is 0 Å². The second-order valence-corrected chi connectivity index (χ2v) is 5.06. The Morgan fingerprint density at radius 2 is 1.90 bits per heavy atom. The van der Waals surface area contributed by atoms with E-state index in [4.69, 9.17) is 4.74 Å². The Bertz CT molecular complexity index is 390. The predicted octanol–water partition coefficient (Wildman–Crippen LogP) is 4.64. The van der Waals surface area contributed by atoms with Crippen LogP contribution in [0.4, 0.5) is 5.69 Å². The average molecular weight is 277 g/mol. The molecular weight excluding hydrogens is 250 g/mol. The highest BCUT2D eigenvalue weighted by molar-refractivity contribution is 5.90. The van der Waals surface area contributed by atoms with Crippen LogP contribution in [-0.2, 0) is 4.74 Å². The summed E-state index contributed by atoms with van der Waals surface area (Å²) in [6.45, 7) is 5.65. The van der Waals surface area contributed by atoms with E-state index in [9.17, 15) is 4.79 Å². The number of nitrogens with one attached hydrogen (secondary N) is 1.